The summed E-state index contributed by atoms with van der Waals surface area (Å²) in [5, 5.41) is 0.453. The SMILES string of the molecule is CC(=CC(=O)N1CCN(Cc2ccc(CCOc3ccc(C)cc3)cc2)CC1)c1cc(C)c(Oc2ccc(OCc3ccc(C)cc3)cn2)c(Cl)c1. The topological polar surface area (TPSA) is 64.1 Å². The first-order chi connectivity index (χ1) is 25.2. The molecule has 1 amide bonds. The van der Waals surface area contributed by atoms with Crippen molar-refractivity contribution in [3.63, 3.8) is 0 Å². The number of ether oxygens (including phenoxy) is 3. The minimum absolute atomic E-state index is 0.0114. The first kappa shape index (κ1) is 36.7. The minimum atomic E-state index is 0.0114. The van der Waals surface area contributed by atoms with E-state index in [0.717, 1.165) is 54.1 Å². The predicted molar refractivity (Wildman–Crippen MR) is 208 cm³/mol. The molecule has 7 nitrogen and oxygen atoms in total. The van der Waals surface area contributed by atoms with E-state index in [2.05, 4.69) is 84.4 Å². The highest BCUT2D eigenvalue weighted by atomic mass is 35.5. The third-order valence-electron chi connectivity index (χ3n) is 9.26. The zero-order chi connectivity index (χ0) is 36.5. The smallest absolute Gasteiger partial charge is 0.246 e. The molecule has 1 saturated heterocycles. The summed E-state index contributed by atoms with van der Waals surface area (Å²) in [6, 6.07) is 32.6. The van der Waals surface area contributed by atoms with Gasteiger partial charge in [0.2, 0.25) is 11.8 Å². The molecule has 1 aliphatic heterocycles. The molecule has 0 aliphatic carbocycles. The Labute approximate surface area is 312 Å². The molecule has 1 fully saturated rings. The molecular weight excluding hydrogens is 670 g/mol. The van der Waals surface area contributed by atoms with Crippen LogP contribution in [0.15, 0.2) is 109 Å². The maximum atomic E-state index is 13.3. The van der Waals surface area contributed by atoms with Crippen molar-refractivity contribution in [2.24, 2.45) is 0 Å². The Kier molecular flexibility index (Phi) is 12.3. The second-order valence-corrected chi connectivity index (χ2v) is 13.9. The van der Waals surface area contributed by atoms with Crippen LogP contribution in [0.1, 0.15) is 45.9 Å². The van der Waals surface area contributed by atoms with Crippen molar-refractivity contribution in [1.82, 2.24) is 14.8 Å². The Bertz CT molecular complexity index is 1940. The highest BCUT2D eigenvalue weighted by molar-refractivity contribution is 6.32. The minimum Gasteiger partial charge on any atom is -0.493 e. The summed E-state index contributed by atoms with van der Waals surface area (Å²) in [6.07, 6.45) is 4.21. The van der Waals surface area contributed by atoms with Crippen LogP contribution in [-0.2, 0) is 24.4 Å². The molecule has 2 heterocycles. The fourth-order valence-corrected chi connectivity index (χ4v) is 6.34. The number of benzene rings is 4. The van der Waals surface area contributed by atoms with E-state index in [1.165, 1.54) is 22.3 Å². The molecule has 8 heteroatoms. The maximum absolute atomic E-state index is 13.3. The van der Waals surface area contributed by atoms with Gasteiger partial charge in [0.25, 0.3) is 0 Å². The fourth-order valence-electron chi connectivity index (χ4n) is 6.03. The van der Waals surface area contributed by atoms with Crippen LogP contribution < -0.4 is 14.2 Å². The van der Waals surface area contributed by atoms with Crippen LogP contribution in [0.3, 0.4) is 0 Å². The molecule has 0 bridgehead atoms. The van der Waals surface area contributed by atoms with E-state index in [9.17, 15) is 4.79 Å². The van der Waals surface area contributed by atoms with E-state index < -0.39 is 0 Å². The molecular formula is C44H46ClN3O4. The van der Waals surface area contributed by atoms with Gasteiger partial charge in [-0.15, -0.1) is 0 Å². The molecule has 268 valence electrons. The lowest BCUT2D eigenvalue weighted by atomic mass is 10.0. The summed E-state index contributed by atoms with van der Waals surface area (Å²) in [4.78, 5) is 22.0. The van der Waals surface area contributed by atoms with E-state index in [4.69, 9.17) is 25.8 Å². The molecule has 0 spiro atoms. The lowest BCUT2D eigenvalue weighted by Gasteiger charge is -2.34. The van der Waals surface area contributed by atoms with Crippen LogP contribution in [0.5, 0.6) is 23.1 Å². The molecule has 5 aromatic rings. The number of amides is 1. The van der Waals surface area contributed by atoms with Crippen molar-refractivity contribution >= 4 is 23.1 Å². The van der Waals surface area contributed by atoms with Gasteiger partial charge in [-0.1, -0.05) is 83.4 Å². The first-order valence-corrected chi connectivity index (χ1v) is 18.2. The highest BCUT2D eigenvalue weighted by Crippen LogP contribution is 2.35. The quantitative estimate of drug-likeness (QED) is 0.113. The number of piperazine rings is 1. The van der Waals surface area contributed by atoms with Crippen molar-refractivity contribution in [2.75, 3.05) is 32.8 Å². The van der Waals surface area contributed by atoms with Gasteiger partial charge < -0.3 is 19.1 Å². The average Bonchev–Trinajstić information content (AvgIpc) is 3.15. The number of hydrogen-bond donors (Lipinski definition) is 0. The number of carbonyl (C=O) groups excluding carboxylic acids is 1. The van der Waals surface area contributed by atoms with E-state index in [-0.39, 0.29) is 5.91 Å². The van der Waals surface area contributed by atoms with Gasteiger partial charge in [-0.3, -0.25) is 9.69 Å². The lowest BCUT2D eigenvalue weighted by Crippen LogP contribution is -2.47. The molecule has 6 rings (SSSR count). The molecule has 0 N–H and O–H groups in total. The summed E-state index contributed by atoms with van der Waals surface area (Å²) >= 11 is 6.70. The Hall–Kier alpha value is -5.11. The van der Waals surface area contributed by atoms with Crippen molar-refractivity contribution < 1.29 is 19.0 Å². The summed E-state index contributed by atoms with van der Waals surface area (Å²) in [6.45, 7) is 13.0. The largest absolute Gasteiger partial charge is 0.493 e. The number of rotatable bonds is 13. The summed E-state index contributed by atoms with van der Waals surface area (Å²) < 4.78 is 17.8. The number of nitrogens with zero attached hydrogens (tertiary/aromatic N) is 3. The van der Waals surface area contributed by atoms with Gasteiger partial charge in [0.1, 0.15) is 18.1 Å². The van der Waals surface area contributed by atoms with E-state index in [1.54, 1.807) is 18.3 Å². The van der Waals surface area contributed by atoms with E-state index >= 15 is 0 Å². The maximum Gasteiger partial charge on any atom is 0.246 e. The first-order valence-electron chi connectivity index (χ1n) is 17.8. The Morgan fingerprint density at radius 2 is 1.40 bits per heavy atom. The number of aromatic nitrogens is 1. The Morgan fingerprint density at radius 3 is 2.06 bits per heavy atom. The molecule has 1 aromatic heterocycles. The van der Waals surface area contributed by atoms with Crippen molar-refractivity contribution in [1.29, 1.82) is 0 Å². The zero-order valence-electron chi connectivity index (χ0n) is 30.4. The van der Waals surface area contributed by atoms with Gasteiger partial charge in [0, 0.05) is 51.3 Å². The number of aryl methyl sites for hydroxylation is 3. The zero-order valence-corrected chi connectivity index (χ0v) is 31.2. The van der Waals surface area contributed by atoms with Gasteiger partial charge in [0.15, 0.2) is 5.75 Å². The van der Waals surface area contributed by atoms with Crippen molar-refractivity contribution in [3.8, 4) is 23.1 Å². The van der Waals surface area contributed by atoms with Gasteiger partial charge in [-0.25, -0.2) is 4.98 Å². The molecule has 52 heavy (non-hydrogen) atoms. The highest BCUT2D eigenvalue weighted by Gasteiger charge is 2.21. The van der Waals surface area contributed by atoms with Gasteiger partial charge >= 0.3 is 0 Å². The van der Waals surface area contributed by atoms with E-state index in [1.807, 2.05) is 49.1 Å². The van der Waals surface area contributed by atoms with Crippen LogP contribution in [0.4, 0.5) is 0 Å². The second-order valence-electron chi connectivity index (χ2n) is 13.5. The fraction of sp³-hybridized carbons (Fsp3) is 0.273. The van der Waals surface area contributed by atoms with Gasteiger partial charge in [-0.2, -0.15) is 0 Å². The summed E-state index contributed by atoms with van der Waals surface area (Å²) in [5.41, 5.74) is 8.63. The normalized spacial score (nSPS) is 13.6. The number of hydrogen-bond acceptors (Lipinski definition) is 6. The molecule has 1 aliphatic rings. The number of carbonyl (C=O) groups is 1. The van der Waals surface area contributed by atoms with Crippen LogP contribution in [0.2, 0.25) is 5.02 Å². The van der Waals surface area contributed by atoms with Crippen LogP contribution in [-0.4, -0.2) is 53.5 Å². The van der Waals surface area contributed by atoms with Crippen LogP contribution in [0, 0.1) is 20.8 Å². The van der Waals surface area contributed by atoms with Crippen LogP contribution in [0.25, 0.3) is 5.57 Å². The summed E-state index contributed by atoms with van der Waals surface area (Å²) in [5.74, 6) is 2.51. The average molecular weight is 716 g/mol. The molecule has 4 aromatic carbocycles. The number of pyridine rings is 1. The molecule has 0 atom stereocenters. The molecule has 0 unspecified atom stereocenters. The van der Waals surface area contributed by atoms with Crippen molar-refractivity contribution in [2.45, 2.75) is 47.3 Å². The monoisotopic (exact) mass is 715 g/mol. The van der Waals surface area contributed by atoms with Crippen LogP contribution >= 0.6 is 11.6 Å². The Morgan fingerprint density at radius 1 is 0.769 bits per heavy atom. The Balaban J connectivity index is 0.955. The third kappa shape index (κ3) is 10.2. The third-order valence-corrected chi connectivity index (χ3v) is 9.54. The summed E-state index contributed by atoms with van der Waals surface area (Å²) in [7, 11) is 0. The van der Waals surface area contributed by atoms with Crippen molar-refractivity contribution in [3.05, 3.63) is 153 Å². The van der Waals surface area contributed by atoms with Gasteiger partial charge in [0.05, 0.1) is 17.8 Å². The number of allylic oxidation sites excluding steroid dienone is 1. The lowest BCUT2D eigenvalue weighted by molar-refractivity contribution is -0.127. The standard InChI is InChI=1S/C44H46ClN3O4/c1-31-5-9-37(10-6-31)30-51-40-17-18-42(46-28-40)52-44-34(4)25-38(27-41(44)45)33(3)26-43(49)48-22-20-47(21-23-48)29-36-13-11-35(12-14-36)19-24-50-39-15-7-32(2)8-16-39/h5-18,25-28H,19-24,29-30H2,1-4H3. The molecule has 0 saturated carbocycles. The second kappa shape index (κ2) is 17.4. The predicted octanol–water partition coefficient (Wildman–Crippen LogP) is 9.40. The van der Waals surface area contributed by atoms with E-state index in [0.29, 0.717) is 48.7 Å². The van der Waals surface area contributed by atoms with Gasteiger partial charge in [-0.05, 0) is 91.4 Å². The molecule has 0 radical (unpaired) electrons. The number of halogens is 1.